The van der Waals surface area contributed by atoms with Gasteiger partial charge in [0.05, 0.1) is 0 Å². The van der Waals surface area contributed by atoms with Crippen molar-refractivity contribution in [3.63, 3.8) is 0 Å². The molecule has 0 aliphatic heterocycles. The van der Waals surface area contributed by atoms with E-state index >= 15 is 0 Å². The Morgan fingerprint density at radius 3 is 2.71 bits per heavy atom. The van der Waals surface area contributed by atoms with Crippen molar-refractivity contribution in [2.45, 2.75) is 0 Å². The maximum absolute atomic E-state index is 5.47. The normalized spacial score (nSPS) is 10.8. The van der Waals surface area contributed by atoms with Crippen molar-refractivity contribution >= 4 is 0 Å². The zero-order valence-electron chi connectivity index (χ0n) is 10.1. The lowest BCUT2D eigenvalue weighted by Gasteiger charge is -2.08. The highest BCUT2D eigenvalue weighted by Gasteiger charge is 2.06. The van der Waals surface area contributed by atoms with Gasteiger partial charge in [-0.2, -0.15) is 0 Å². The third kappa shape index (κ3) is 3.32. The molecule has 0 atom stereocenters. The molecule has 0 spiro atoms. The number of nitrogens with zero attached hydrogens (tertiary/aromatic N) is 2. The van der Waals surface area contributed by atoms with Gasteiger partial charge < -0.3 is 14.2 Å². The molecule has 90 valence electrons. The monoisotopic (exact) mass is 232 g/mol. The van der Waals surface area contributed by atoms with Gasteiger partial charge in [-0.1, -0.05) is 30.3 Å². The highest BCUT2D eigenvalue weighted by molar-refractivity contribution is 5.57. The minimum atomic E-state index is 0.533. The van der Waals surface area contributed by atoms with E-state index < -0.39 is 0 Å². The van der Waals surface area contributed by atoms with Crippen LogP contribution in [0.5, 0.6) is 5.88 Å². The van der Waals surface area contributed by atoms with Crippen LogP contribution in [-0.2, 0) is 0 Å². The summed E-state index contributed by atoms with van der Waals surface area (Å²) in [5, 5.41) is 3.87. The van der Waals surface area contributed by atoms with Gasteiger partial charge in [0, 0.05) is 18.2 Å². The summed E-state index contributed by atoms with van der Waals surface area (Å²) in [6.45, 7) is 1.46. The molecule has 0 aliphatic rings. The highest BCUT2D eigenvalue weighted by atomic mass is 16.5. The van der Waals surface area contributed by atoms with Gasteiger partial charge >= 0.3 is 0 Å². The fourth-order valence-corrected chi connectivity index (χ4v) is 1.40. The zero-order chi connectivity index (χ0) is 12.1. The van der Waals surface area contributed by atoms with Gasteiger partial charge in [0.1, 0.15) is 6.61 Å². The van der Waals surface area contributed by atoms with Crippen molar-refractivity contribution < 1.29 is 9.26 Å². The lowest BCUT2D eigenvalue weighted by molar-refractivity contribution is 0.241. The maximum Gasteiger partial charge on any atom is 0.254 e. The Balaban J connectivity index is 1.97. The molecule has 0 bridgehead atoms. The molecule has 4 nitrogen and oxygen atoms in total. The molecular formula is C13H16N2O2. The number of hydrogen-bond acceptors (Lipinski definition) is 4. The lowest BCUT2D eigenvalue weighted by atomic mass is 10.2. The Bertz CT molecular complexity index is 451. The quantitative estimate of drug-likeness (QED) is 0.792. The van der Waals surface area contributed by atoms with E-state index in [2.05, 4.69) is 10.1 Å². The Hall–Kier alpha value is -1.81. The van der Waals surface area contributed by atoms with Gasteiger partial charge in [0.2, 0.25) is 0 Å². The summed E-state index contributed by atoms with van der Waals surface area (Å²) >= 11 is 0. The van der Waals surface area contributed by atoms with Crippen molar-refractivity contribution in [3.8, 4) is 17.2 Å². The molecule has 1 aromatic carbocycles. The third-order valence-corrected chi connectivity index (χ3v) is 2.34. The fourth-order valence-electron chi connectivity index (χ4n) is 1.40. The number of aromatic nitrogens is 1. The molecule has 17 heavy (non-hydrogen) atoms. The topological polar surface area (TPSA) is 38.5 Å². The summed E-state index contributed by atoms with van der Waals surface area (Å²) in [7, 11) is 4.00. The molecule has 0 saturated carbocycles. The van der Waals surface area contributed by atoms with Gasteiger partial charge in [-0.05, 0) is 19.3 Å². The first kappa shape index (κ1) is 11.7. The zero-order valence-corrected chi connectivity index (χ0v) is 10.1. The molecule has 0 amide bonds. The van der Waals surface area contributed by atoms with Crippen LogP contribution in [0.1, 0.15) is 0 Å². The van der Waals surface area contributed by atoms with Gasteiger partial charge in [-0.3, -0.25) is 0 Å². The van der Waals surface area contributed by atoms with Crippen LogP contribution in [0, 0.1) is 0 Å². The first-order valence-corrected chi connectivity index (χ1v) is 5.55. The summed E-state index contributed by atoms with van der Waals surface area (Å²) in [5.74, 6) is 1.26. The molecular weight excluding hydrogens is 216 g/mol. The SMILES string of the molecule is CN(C)CCOc1cc(-c2ccccc2)on1. The third-order valence-electron chi connectivity index (χ3n) is 2.34. The molecule has 2 aromatic rings. The molecule has 0 fully saturated rings. The van der Waals surface area contributed by atoms with Gasteiger partial charge in [0.25, 0.3) is 5.88 Å². The Morgan fingerprint density at radius 1 is 1.24 bits per heavy atom. The first-order valence-electron chi connectivity index (χ1n) is 5.55. The van der Waals surface area contributed by atoms with Crippen molar-refractivity contribution in [1.82, 2.24) is 10.1 Å². The van der Waals surface area contributed by atoms with Crippen LogP contribution in [-0.4, -0.2) is 37.3 Å². The van der Waals surface area contributed by atoms with Crippen LogP contribution in [0.4, 0.5) is 0 Å². The standard InChI is InChI=1S/C13H16N2O2/c1-15(2)8-9-16-13-10-12(17-14-13)11-6-4-3-5-7-11/h3-7,10H,8-9H2,1-2H3. The largest absolute Gasteiger partial charge is 0.474 e. The van der Waals surface area contributed by atoms with E-state index in [0.717, 1.165) is 17.9 Å². The second kappa shape index (κ2) is 5.50. The number of hydrogen-bond donors (Lipinski definition) is 0. The molecule has 0 unspecified atom stereocenters. The highest BCUT2D eigenvalue weighted by Crippen LogP contribution is 2.22. The molecule has 2 rings (SSSR count). The van der Waals surface area contributed by atoms with Gasteiger partial charge in [-0.25, -0.2) is 0 Å². The molecule has 0 saturated heterocycles. The van der Waals surface area contributed by atoms with Crippen molar-refractivity contribution in [2.24, 2.45) is 0 Å². The lowest BCUT2D eigenvalue weighted by Crippen LogP contribution is -2.19. The van der Waals surface area contributed by atoms with E-state index in [1.165, 1.54) is 0 Å². The van der Waals surface area contributed by atoms with Crippen LogP contribution >= 0.6 is 0 Å². The van der Waals surface area contributed by atoms with E-state index in [1.54, 1.807) is 0 Å². The number of likely N-dealkylation sites (N-methyl/N-ethyl adjacent to an activating group) is 1. The molecule has 0 N–H and O–H groups in total. The molecule has 0 aliphatic carbocycles. The fraction of sp³-hybridized carbons (Fsp3) is 0.308. The Morgan fingerprint density at radius 2 is 2.00 bits per heavy atom. The Labute approximate surface area is 101 Å². The van der Waals surface area contributed by atoms with Crippen LogP contribution < -0.4 is 4.74 Å². The number of rotatable bonds is 5. The van der Waals surface area contributed by atoms with E-state index in [4.69, 9.17) is 9.26 Å². The van der Waals surface area contributed by atoms with E-state index in [-0.39, 0.29) is 0 Å². The average molecular weight is 232 g/mol. The van der Waals surface area contributed by atoms with E-state index in [9.17, 15) is 0 Å². The molecule has 0 radical (unpaired) electrons. The number of ether oxygens (including phenoxy) is 1. The molecule has 4 heteroatoms. The smallest absolute Gasteiger partial charge is 0.254 e. The maximum atomic E-state index is 5.47. The second-order valence-corrected chi connectivity index (χ2v) is 4.05. The molecule has 1 aromatic heterocycles. The summed E-state index contributed by atoms with van der Waals surface area (Å²) in [4.78, 5) is 2.05. The predicted octanol–water partition coefficient (Wildman–Crippen LogP) is 2.28. The second-order valence-electron chi connectivity index (χ2n) is 4.05. The summed E-state index contributed by atoms with van der Waals surface area (Å²) < 4.78 is 10.7. The number of benzene rings is 1. The van der Waals surface area contributed by atoms with Crippen LogP contribution in [0.15, 0.2) is 40.9 Å². The average Bonchev–Trinajstić information content (AvgIpc) is 2.78. The Kier molecular flexibility index (Phi) is 3.77. The summed E-state index contributed by atoms with van der Waals surface area (Å²) in [6, 6.07) is 11.7. The summed E-state index contributed by atoms with van der Waals surface area (Å²) in [5.41, 5.74) is 1.00. The predicted molar refractivity (Wildman–Crippen MR) is 66.0 cm³/mol. The van der Waals surface area contributed by atoms with Crippen LogP contribution in [0.2, 0.25) is 0 Å². The van der Waals surface area contributed by atoms with Crippen molar-refractivity contribution in [2.75, 3.05) is 27.2 Å². The summed E-state index contributed by atoms with van der Waals surface area (Å²) in [6.07, 6.45) is 0. The molecule has 1 heterocycles. The van der Waals surface area contributed by atoms with E-state index in [0.29, 0.717) is 12.5 Å². The van der Waals surface area contributed by atoms with Crippen LogP contribution in [0.3, 0.4) is 0 Å². The minimum absolute atomic E-state index is 0.533. The van der Waals surface area contributed by atoms with Crippen molar-refractivity contribution in [1.29, 1.82) is 0 Å². The first-order chi connectivity index (χ1) is 8.25. The van der Waals surface area contributed by atoms with Gasteiger partial charge in [-0.15, -0.1) is 0 Å². The van der Waals surface area contributed by atoms with Crippen LogP contribution in [0.25, 0.3) is 11.3 Å². The van der Waals surface area contributed by atoms with Crippen molar-refractivity contribution in [3.05, 3.63) is 36.4 Å². The minimum Gasteiger partial charge on any atom is -0.474 e. The van der Waals surface area contributed by atoms with Gasteiger partial charge in [0.15, 0.2) is 5.76 Å². The van der Waals surface area contributed by atoms with E-state index in [1.807, 2.05) is 50.5 Å².